The smallest absolute Gasteiger partial charge is 0.258 e. The first-order valence-electron chi connectivity index (χ1n) is 6.04. The van der Waals surface area contributed by atoms with Crippen LogP contribution in [0.1, 0.15) is 0 Å². The van der Waals surface area contributed by atoms with Crippen molar-refractivity contribution >= 4 is 35.1 Å². The predicted octanol–water partition coefficient (Wildman–Crippen LogP) is 1.69. The van der Waals surface area contributed by atoms with Crippen LogP contribution in [0.5, 0.6) is 0 Å². The summed E-state index contributed by atoms with van der Waals surface area (Å²) < 4.78 is 23.1. The van der Waals surface area contributed by atoms with E-state index in [0.29, 0.717) is 27.7 Å². The van der Waals surface area contributed by atoms with Crippen LogP contribution in [0, 0.1) is 0 Å². The summed E-state index contributed by atoms with van der Waals surface area (Å²) >= 11 is 0. The number of benzene rings is 2. The molecule has 0 aliphatic rings. The molecule has 0 aliphatic heterocycles. The topological polar surface area (TPSA) is 117 Å². The average Bonchev–Trinajstić information content (AvgIpc) is 3.13. The Labute approximate surface area is 117 Å². The van der Waals surface area contributed by atoms with E-state index in [9.17, 15) is 9.13 Å². The molecule has 2 N–H and O–H groups in total. The number of aromatic amines is 2. The van der Waals surface area contributed by atoms with Gasteiger partial charge in [0.1, 0.15) is 11.0 Å². The molecule has 102 valence electrons. The highest BCUT2D eigenvalue weighted by molar-refractivity contribution is 7.41. The summed E-state index contributed by atoms with van der Waals surface area (Å²) in [6.07, 6.45) is 0. The number of nitrogens with zero attached hydrogens (tertiary/aromatic N) is 4. The highest BCUT2D eigenvalue weighted by atomic mass is 31.1. The van der Waals surface area contributed by atoms with Crippen LogP contribution in [0.2, 0.25) is 0 Å². The number of rotatable bonds is 2. The second-order valence-corrected chi connectivity index (χ2v) is 5.43. The van der Waals surface area contributed by atoms with Crippen molar-refractivity contribution in [2.75, 3.05) is 0 Å². The molecule has 2 heterocycles. The Bertz CT molecular complexity index is 1040. The minimum absolute atomic E-state index is 0.182. The lowest BCUT2D eigenvalue weighted by Gasteiger charge is -2.05. The van der Waals surface area contributed by atoms with Gasteiger partial charge in [0.2, 0.25) is 0 Å². The zero-order valence-electron chi connectivity index (χ0n) is 10.4. The number of fused-ring (bicyclic) bond motifs is 2. The maximum Gasteiger partial charge on any atom is 0.349 e. The summed E-state index contributed by atoms with van der Waals surface area (Å²) in [5.41, 5.74) is 3.59. The molecule has 0 amide bonds. The Morgan fingerprint density at radius 2 is 1.57 bits per heavy atom. The molecule has 2 aromatic heterocycles. The van der Waals surface area contributed by atoms with Crippen molar-refractivity contribution in [3.63, 3.8) is 0 Å². The van der Waals surface area contributed by atoms with Crippen molar-refractivity contribution in [3.8, 4) is 11.1 Å². The van der Waals surface area contributed by atoms with Gasteiger partial charge in [-0.1, -0.05) is 22.6 Å². The zero-order chi connectivity index (χ0) is 14.4. The van der Waals surface area contributed by atoms with Crippen LogP contribution in [-0.2, 0) is 9.13 Å². The summed E-state index contributed by atoms with van der Waals surface area (Å²) in [7, 11) is -2.78. The number of hydrogen-bond acceptors (Lipinski definition) is 6. The molecule has 0 bridgehead atoms. The Morgan fingerprint density at radius 3 is 2.33 bits per heavy atom. The van der Waals surface area contributed by atoms with E-state index < -0.39 is 7.68 Å². The Kier molecular flexibility index (Phi) is 2.45. The van der Waals surface area contributed by atoms with Crippen molar-refractivity contribution in [1.82, 2.24) is 30.8 Å². The van der Waals surface area contributed by atoms with E-state index in [1.165, 1.54) is 6.07 Å². The Morgan fingerprint density at radius 1 is 0.857 bits per heavy atom. The van der Waals surface area contributed by atoms with Crippen molar-refractivity contribution in [2.45, 2.75) is 0 Å². The number of aromatic nitrogens is 6. The van der Waals surface area contributed by atoms with Crippen molar-refractivity contribution in [3.05, 3.63) is 30.3 Å². The summed E-state index contributed by atoms with van der Waals surface area (Å²) in [6.45, 7) is 0. The van der Waals surface area contributed by atoms with E-state index in [1.807, 2.05) is 6.07 Å². The van der Waals surface area contributed by atoms with Gasteiger partial charge in [-0.15, -0.1) is 10.2 Å². The normalized spacial score (nSPS) is 11.2. The molecular formula is C12H7N6O2P. The van der Waals surface area contributed by atoms with Gasteiger partial charge in [0.05, 0.1) is 16.3 Å². The van der Waals surface area contributed by atoms with Gasteiger partial charge in [0, 0.05) is 11.1 Å². The molecule has 0 fully saturated rings. The third-order valence-electron chi connectivity index (χ3n) is 3.30. The molecule has 9 heteroatoms. The first kappa shape index (κ1) is 11.9. The van der Waals surface area contributed by atoms with Crippen molar-refractivity contribution in [1.29, 1.82) is 0 Å². The number of hydrogen-bond donors (Lipinski definition) is 2. The summed E-state index contributed by atoms with van der Waals surface area (Å²) in [5.74, 6) is 0. The Balaban J connectivity index is 2.21. The summed E-state index contributed by atoms with van der Waals surface area (Å²) in [5, 5.41) is 21.2. The van der Waals surface area contributed by atoms with Gasteiger partial charge in [-0.2, -0.15) is 0 Å². The van der Waals surface area contributed by atoms with Crippen LogP contribution in [0.25, 0.3) is 33.2 Å². The molecule has 0 saturated heterocycles. The van der Waals surface area contributed by atoms with Gasteiger partial charge in [-0.05, 0) is 18.2 Å². The van der Waals surface area contributed by atoms with E-state index >= 15 is 0 Å². The number of H-pyrrole nitrogens is 2. The van der Waals surface area contributed by atoms with E-state index in [2.05, 4.69) is 30.8 Å². The average molecular weight is 298 g/mol. The van der Waals surface area contributed by atoms with Crippen LogP contribution < -0.4 is 5.30 Å². The maximum absolute atomic E-state index is 11.6. The van der Waals surface area contributed by atoms with Gasteiger partial charge < -0.3 is 0 Å². The molecule has 4 rings (SSSR count). The van der Waals surface area contributed by atoms with Gasteiger partial charge >= 0.3 is 7.68 Å². The molecule has 0 aliphatic carbocycles. The molecule has 0 saturated carbocycles. The molecular weight excluding hydrogens is 291 g/mol. The minimum Gasteiger partial charge on any atom is -0.258 e. The van der Waals surface area contributed by atoms with Crippen LogP contribution >= 0.6 is 7.68 Å². The highest BCUT2D eigenvalue weighted by Crippen LogP contribution is 2.32. The van der Waals surface area contributed by atoms with E-state index in [1.54, 1.807) is 18.2 Å². The fourth-order valence-corrected chi connectivity index (χ4v) is 3.00. The van der Waals surface area contributed by atoms with Crippen LogP contribution in [0.4, 0.5) is 0 Å². The van der Waals surface area contributed by atoms with Gasteiger partial charge in [-0.25, -0.2) is 9.13 Å². The fourth-order valence-electron chi connectivity index (χ4n) is 2.39. The van der Waals surface area contributed by atoms with E-state index in [-0.39, 0.29) is 5.30 Å². The standard InChI is InChI=1S/C12H7N6O2P/c19-21(20)9-5-4-8-12(16-18-14-8)10(9)6-2-1-3-7-11(6)15-17-13-7/h1-5H,(H,13,15,17)(H,14,16,18). The highest BCUT2D eigenvalue weighted by Gasteiger charge is 2.19. The first-order chi connectivity index (χ1) is 10.3. The van der Waals surface area contributed by atoms with Crippen LogP contribution in [0.15, 0.2) is 30.3 Å². The SMILES string of the molecule is O=P(=O)c1ccc2[nH]nnc2c1-c1cccc2[nH]nnc12. The molecule has 8 nitrogen and oxygen atoms in total. The summed E-state index contributed by atoms with van der Waals surface area (Å²) in [4.78, 5) is 0. The third-order valence-corrected chi connectivity index (χ3v) is 4.06. The predicted molar refractivity (Wildman–Crippen MR) is 74.7 cm³/mol. The lowest BCUT2D eigenvalue weighted by atomic mass is 10.0. The third kappa shape index (κ3) is 1.70. The van der Waals surface area contributed by atoms with Gasteiger partial charge in [-0.3, -0.25) is 10.2 Å². The van der Waals surface area contributed by atoms with Crippen LogP contribution in [0.3, 0.4) is 0 Å². The second kappa shape index (κ2) is 4.32. The maximum atomic E-state index is 11.6. The quantitative estimate of drug-likeness (QED) is 0.544. The van der Waals surface area contributed by atoms with E-state index in [4.69, 9.17) is 0 Å². The molecule has 2 aromatic carbocycles. The van der Waals surface area contributed by atoms with Crippen molar-refractivity contribution in [2.24, 2.45) is 0 Å². The number of nitrogens with one attached hydrogen (secondary N) is 2. The van der Waals surface area contributed by atoms with Crippen LogP contribution in [-0.4, -0.2) is 30.8 Å². The first-order valence-corrected chi connectivity index (χ1v) is 7.22. The molecule has 0 radical (unpaired) electrons. The lowest BCUT2D eigenvalue weighted by molar-refractivity contribution is 0.523. The monoisotopic (exact) mass is 298 g/mol. The molecule has 0 spiro atoms. The van der Waals surface area contributed by atoms with Gasteiger partial charge in [0.25, 0.3) is 0 Å². The summed E-state index contributed by atoms with van der Waals surface area (Å²) in [6, 6.07) is 8.58. The van der Waals surface area contributed by atoms with Crippen molar-refractivity contribution < 1.29 is 9.13 Å². The Hall–Kier alpha value is -2.86. The lowest BCUT2D eigenvalue weighted by Crippen LogP contribution is -2.01. The molecule has 0 atom stereocenters. The van der Waals surface area contributed by atoms with Gasteiger partial charge in [0.15, 0.2) is 0 Å². The fraction of sp³-hybridized carbons (Fsp3) is 0. The van der Waals surface area contributed by atoms with E-state index in [0.717, 1.165) is 5.52 Å². The second-order valence-electron chi connectivity index (χ2n) is 4.44. The molecule has 4 aromatic rings. The largest absolute Gasteiger partial charge is 0.349 e. The zero-order valence-corrected chi connectivity index (χ0v) is 11.3. The molecule has 21 heavy (non-hydrogen) atoms. The minimum atomic E-state index is -2.78. The molecule has 0 unspecified atom stereocenters.